The molecule has 0 aliphatic rings. The van der Waals surface area contributed by atoms with Crippen LogP contribution in [-0.2, 0) is 13.0 Å². The van der Waals surface area contributed by atoms with Gasteiger partial charge in [0.1, 0.15) is 10.9 Å². The third-order valence-corrected chi connectivity index (χ3v) is 3.56. The van der Waals surface area contributed by atoms with Gasteiger partial charge in [0.15, 0.2) is 4.34 Å². The number of rotatable bonds is 4. The molecule has 0 radical (unpaired) electrons. The molecule has 2 heterocycles. The predicted octanol–water partition coefficient (Wildman–Crippen LogP) is 1.50. The molecule has 0 bridgehead atoms. The molecule has 2 rings (SSSR count). The highest BCUT2D eigenvalue weighted by atomic mass is 32.2. The summed E-state index contributed by atoms with van der Waals surface area (Å²) in [6.45, 7) is 2.45. The van der Waals surface area contributed by atoms with E-state index in [0.717, 1.165) is 27.3 Å². The first kappa shape index (κ1) is 11.4. The van der Waals surface area contributed by atoms with Gasteiger partial charge < -0.3 is 5.73 Å². The van der Waals surface area contributed by atoms with E-state index in [1.165, 1.54) is 23.3 Å². The van der Waals surface area contributed by atoms with Gasteiger partial charge in [-0.3, -0.25) is 4.98 Å². The maximum Gasteiger partial charge on any atom is 0.176 e. The maximum atomic E-state index is 5.44. The molecular weight excluding hydrogens is 242 g/mol. The van der Waals surface area contributed by atoms with Crippen LogP contribution < -0.4 is 5.73 Å². The molecule has 84 valence electrons. The lowest BCUT2D eigenvalue weighted by molar-refractivity contribution is 0.921. The average molecular weight is 253 g/mol. The highest BCUT2D eigenvalue weighted by molar-refractivity contribution is 8.00. The molecule has 2 aromatic rings. The maximum absolute atomic E-state index is 5.44. The molecule has 2 N–H and O–H groups in total. The van der Waals surface area contributed by atoms with E-state index in [1.54, 1.807) is 12.4 Å². The Kier molecular flexibility index (Phi) is 3.81. The van der Waals surface area contributed by atoms with E-state index >= 15 is 0 Å². The molecule has 16 heavy (non-hydrogen) atoms. The van der Waals surface area contributed by atoms with Gasteiger partial charge in [-0.25, -0.2) is 9.97 Å². The van der Waals surface area contributed by atoms with Crippen molar-refractivity contribution < 1.29 is 0 Å². The molecule has 0 aromatic carbocycles. The van der Waals surface area contributed by atoms with Crippen LogP contribution in [0.4, 0.5) is 0 Å². The fourth-order valence-electron chi connectivity index (χ4n) is 1.01. The van der Waals surface area contributed by atoms with Gasteiger partial charge in [-0.05, 0) is 23.3 Å². The van der Waals surface area contributed by atoms with Crippen molar-refractivity contribution in [1.82, 2.24) is 19.3 Å². The normalized spacial score (nSPS) is 10.6. The summed E-state index contributed by atoms with van der Waals surface area (Å²) in [5.74, 6) is 0.874. The van der Waals surface area contributed by atoms with Gasteiger partial charge >= 0.3 is 0 Å². The van der Waals surface area contributed by atoms with Gasteiger partial charge in [0, 0.05) is 13.0 Å². The van der Waals surface area contributed by atoms with Crippen LogP contribution in [0.3, 0.4) is 0 Å². The van der Waals surface area contributed by atoms with Gasteiger partial charge in [0.25, 0.3) is 0 Å². The first-order chi connectivity index (χ1) is 7.81. The summed E-state index contributed by atoms with van der Waals surface area (Å²) in [6, 6.07) is 0. The highest BCUT2D eigenvalue weighted by Gasteiger charge is 2.05. The monoisotopic (exact) mass is 253 g/mol. The van der Waals surface area contributed by atoms with Crippen LogP contribution in [0.25, 0.3) is 0 Å². The molecular formula is C9H11N5S2. The zero-order valence-corrected chi connectivity index (χ0v) is 10.4. The third-order valence-electron chi connectivity index (χ3n) is 1.85. The molecule has 2 aromatic heterocycles. The van der Waals surface area contributed by atoms with Crippen LogP contribution in [0.5, 0.6) is 0 Å². The second kappa shape index (κ2) is 5.33. The van der Waals surface area contributed by atoms with Gasteiger partial charge in [-0.2, -0.15) is 4.37 Å². The zero-order valence-electron chi connectivity index (χ0n) is 8.75. The fraction of sp³-hybridized carbons (Fsp3) is 0.333. The summed E-state index contributed by atoms with van der Waals surface area (Å²) in [6.07, 6.45) is 4.25. The number of aromatic nitrogens is 4. The van der Waals surface area contributed by atoms with Crippen LogP contribution in [-0.4, -0.2) is 19.3 Å². The summed E-state index contributed by atoms with van der Waals surface area (Å²) in [5, 5.41) is 0.816. The largest absolute Gasteiger partial charge is 0.325 e. The molecule has 0 saturated heterocycles. The van der Waals surface area contributed by atoms with Gasteiger partial charge in [-0.15, -0.1) is 0 Å². The van der Waals surface area contributed by atoms with Crippen molar-refractivity contribution >= 4 is 23.3 Å². The van der Waals surface area contributed by atoms with Crippen molar-refractivity contribution in [3.63, 3.8) is 0 Å². The Morgan fingerprint density at radius 2 is 2.25 bits per heavy atom. The minimum absolute atomic E-state index is 0.413. The summed E-state index contributed by atoms with van der Waals surface area (Å²) in [4.78, 5) is 12.8. The van der Waals surface area contributed by atoms with Crippen molar-refractivity contribution in [3.8, 4) is 0 Å². The molecule has 7 heteroatoms. The second-order valence-electron chi connectivity index (χ2n) is 2.98. The third kappa shape index (κ3) is 2.75. The molecule has 0 amide bonds. The zero-order chi connectivity index (χ0) is 11.4. The van der Waals surface area contributed by atoms with Crippen molar-refractivity contribution in [2.24, 2.45) is 5.73 Å². The van der Waals surface area contributed by atoms with E-state index in [2.05, 4.69) is 19.3 Å². The lowest BCUT2D eigenvalue weighted by Crippen LogP contribution is -1.99. The lowest BCUT2D eigenvalue weighted by atomic mass is 10.5. The van der Waals surface area contributed by atoms with Crippen molar-refractivity contribution in [1.29, 1.82) is 0 Å². The Balaban J connectivity index is 2.08. The summed E-state index contributed by atoms with van der Waals surface area (Å²) < 4.78 is 5.10. The summed E-state index contributed by atoms with van der Waals surface area (Å²) in [5.41, 5.74) is 6.23. The van der Waals surface area contributed by atoms with Gasteiger partial charge in [0.2, 0.25) is 0 Å². The molecule has 0 aliphatic carbocycles. The SMILES string of the molecule is CCc1nsc(Sc2cnc(CN)cn2)n1. The van der Waals surface area contributed by atoms with Crippen molar-refractivity contribution in [3.05, 3.63) is 23.9 Å². The van der Waals surface area contributed by atoms with E-state index in [0.29, 0.717) is 6.54 Å². The standard InChI is InChI=1S/C9H11N5S2/c1-2-7-13-9(16-14-7)15-8-5-11-6(3-10)4-12-8/h4-5H,2-3,10H2,1H3. The van der Waals surface area contributed by atoms with Gasteiger partial charge in [-0.1, -0.05) is 6.92 Å². The van der Waals surface area contributed by atoms with E-state index < -0.39 is 0 Å². The molecule has 0 saturated carbocycles. The highest BCUT2D eigenvalue weighted by Crippen LogP contribution is 2.26. The quantitative estimate of drug-likeness (QED) is 0.889. The number of hydrogen-bond acceptors (Lipinski definition) is 7. The molecule has 5 nitrogen and oxygen atoms in total. The Morgan fingerprint density at radius 1 is 1.38 bits per heavy atom. The Bertz CT molecular complexity index is 453. The van der Waals surface area contributed by atoms with Crippen LogP contribution >= 0.6 is 23.3 Å². The van der Waals surface area contributed by atoms with Crippen molar-refractivity contribution in [2.45, 2.75) is 29.3 Å². The minimum atomic E-state index is 0.413. The average Bonchev–Trinajstić information content (AvgIpc) is 2.78. The smallest absolute Gasteiger partial charge is 0.176 e. The number of nitrogens with zero attached hydrogens (tertiary/aromatic N) is 4. The predicted molar refractivity (Wildman–Crippen MR) is 63.3 cm³/mol. The van der Waals surface area contributed by atoms with Crippen molar-refractivity contribution in [2.75, 3.05) is 0 Å². The second-order valence-corrected chi connectivity index (χ2v) is 5.00. The molecule has 0 fully saturated rings. The van der Waals surface area contributed by atoms with E-state index in [-0.39, 0.29) is 0 Å². The number of hydrogen-bond donors (Lipinski definition) is 1. The van der Waals surface area contributed by atoms with Crippen LogP contribution in [0, 0.1) is 0 Å². The van der Waals surface area contributed by atoms with E-state index in [4.69, 9.17) is 5.73 Å². The van der Waals surface area contributed by atoms with Crippen LogP contribution in [0.2, 0.25) is 0 Å². The molecule has 0 aliphatic heterocycles. The first-order valence-electron chi connectivity index (χ1n) is 4.83. The first-order valence-corrected chi connectivity index (χ1v) is 6.42. The molecule has 0 atom stereocenters. The van der Waals surface area contributed by atoms with E-state index in [1.807, 2.05) is 6.92 Å². The summed E-state index contributed by atoms with van der Waals surface area (Å²) >= 11 is 2.86. The summed E-state index contributed by atoms with van der Waals surface area (Å²) in [7, 11) is 0. The number of nitrogens with two attached hydrogens (primary N) is 1. The Morgan fingerprint density at radius 3 is 2.81 bits per heavy atom. The number of aryl methyl sites for hydroxylation is 1. The van der Waals surface area contributed by atoms with Gasteiger partial charge in [0.05, 0.1) is 18.1 Å². The van der Waals surface area contributed by atoms with Crippen LogP contribution in [0.15, 0.2) is 21.8 Å². The van der Waals surface area contributed by atoms with E-state index in [9.17, 15) is 0 Å². The molecule has 0 unspecified atom stereocenters. The fourth-order valence-corrected chi connectivity index (χ4v) is 2.57. The van der Waals surface area contributed by atoms with Crippen LogP contribution in [0.1, 0.15) is 18.4 Å². The minimum Gasteiger partial charge on any atom is -0.325 e. The lowest BCUT2D eigenvalue weighted by Gasteiger charge is -1.97. The Labute approximate surface area is 102 Å². The Hall–Kier alpha value is -1.05. The topological polar surface area (TPSA) is 77.6 Å². The molecule has 0 spiro atoms.